The summed E-state index contributed by atoms with van der Waals surface area (Å²) in [7, 11) is 0. The molecule has 0 saturated heterocycles. The van der Waals surface area contributed by atoms with Gasteiger partial charge in [0.15, 0.2) is 0 Å². The summed E-state index contributed by atoms with van der Waals surface area (Å²) in [5, 5.41) is 0. The van der Waals surface area contributed by atoms with Crippen LogP contribution in [0.1, 0.15) is 42.5 Å². The third kappa shape index (κ3) is 4.69. The van der Waals surface area contributed by atoms with Gasteiger partial charge in [0.05, 0.1) is 12.2 Å². The van der Waals surface area contributed by atoms with Crippen LogP contribution in [-0.4, -0.2) is 37.1 Å². The van der Waals surface area contributed by atoms with E-state index in [-0.39, 0.29) is 5.97 Å². The van der Waals surface area contributed by atoms with Crippen LogP contribution in [0, 0.1) is 0 Å². The number of fused-ring (bicyclic) bond motifs is 1. The molecule has 1 aliphatic carbocycles. The van der Waals surface area contributed by atoms with Crippen molar-refractivity contribution < 1.29 is 22.7 Å². The molecule has 162 valence electrons. The molecule has 2 aromatic carbocycles. The Kier molecular flexibility index (Phi) is 6.86. The number of ether oxygens (including phenoxy) is 1. The predicted octanol–water partition coefficient (Wildman–Crippen LogP) is 5.02. The zero-order valence-corrected chi connectivity index (χ0v) is 17.5. The summed E-state index contributed by atoms with van der Waals surface area (Å²) in [5.41, 5.74) is 0.947. The van der Waals surface area contributed by atoms with Crippen molar-refractivity contribution in [1.29, 1.82) is 0 Å². The van der Waals surface area contributed by atoms with Crippen molar-refractivity contribution in [3.63, 3.8) is 0 Å². The number of alkyl halides is 3. The van der Waals surface area contributed by atoms with Crippen molar-refractivity contribution in [2.45, 2.75) is 44.7 Å². The maximum atomic E-state index is 13.2. The maximum absolute atomic E-state index is 13.2. The molecule has 0 fully saturated rings. The van der Waals surface area contributed by atoms with Crippen LogP contribution in [-0.2, 0) is 34.0 Å². The van der Waals surface area contributed by atoms with Gasteiger partial charge >= 0.3 is 12.1 Å². The highest BCUT2D eigenvalue weighted by Crippen LogP contribution is 2.42. The summed E-state index contributed by atoms with van der Waals surface area (Å²) in [6.07, 6.45) is -2.81. The lowest BCUT2D eigenvalue weighted by Crippen LogP contribution is -2.39. The molecule has 0 bridgehead atoms. The molecule has 0 atom stereocenters. The van der Waals surface area contributed by atoms with Crippen molar-refractivity contribution >= 4 is 5.97 Å². The van der Waals surface area contributed by atoms with Gasteiger partial charge in [0.2, 0.25) is 0 Å². The third-order valence-corrected chi connectivity index (χ3v) is 6.00. The molecule has 0 aromatic heterocycles. The van der Waals surface area contributed by atoms with E-state index in [0.29, 0.717) is 25.0 Å². The molecule has 6 heteroatoms. The maximum Gasteiger partial charge on any atom is 0.416 e. The predicted molar refractivity (Wildman–Crippen MR) is 110 cm³/mol. The van der Waals surface area contributed by atoms with E-state index in [9.17, 15) is 18.0 Å². The number of halogens is 3. The molecule has 1 aliphatic rings. The molecule has 0 radical (unpaired) electrons. The van der Waals surface area contributed by atoms with Gasteiger partial charge in [0.1, 0.15) is 5.41 Å². The molecular weight excluding hydrogens is 391 g/mol. The van der Waals surface area contributed by atoms with Crippen molar-refractivity contribution in [2.24, 2.45) is 0 Å². The molecule has 0 aliphatic heterocycles. The second-order valence-corrected chi connectivity index (χ2v) is 7.80. The number of nitrogens with zero attached hydrogens (tertiary/aromatic N) is 1. The fourth-order valence-electron chi connectivity index (χ4n) is 4.19. The van der Waals surface area contributed by atoms with Crippen LogP contribution in [0.3, 0.4) is 0 Å². The molecule has 0 unspecified atom stereocenters. The Balaban J connectivity index is 1.80. The van der Waals surface area contributed by atoms with Crippen LogP contribution in [0.25, 0.3) is 0 Å². The molecule has 0 saturated carbocycles. The fourth-order valence-corrected chi connectivity index (χ4v) is 4.19. The van der Waals surface area contributed by atoms with Crippen LogP contribution in [0.4, 0.5) is 13.2 Å². The van der Waals surface area contributed by atoms with Gasteiger partial charge in [-0.1, -0.05) is 50.2 Å². The van der Waals surface area contributed by atoms with Gasteiger partial charge in [0.25, 0.3) is 0 Å². The highest BCUT2D eigenvalue weighted by molar-refractivity contribution is 5.85. The number of esters is 1. The lowest BCUT2D eigenvalue weighted by atomic mass is 9.77. The van der Waals surface area contributed by atoms with Gasteiger partial charge < -0.3 is 9.64 Å². The lowest BCUT2D eigenvalue weighted by molar-refractivity contribution is -0.150. The normalized spacial score (nSPS) is 15.3. The smallest absolute Gasteiger partial charge is 0.416 e. The van der Waals surface area contributed by atoms with Gasteiger partial charge in [0, 0.05) is 6.54 Å². The lowest BCUT2D eigenvalue weighted by Gasteiger charge is -2.28. The Hall–Kier alpha value is -2.34. The summed E-state index contributed by atoms with van der Waals surface area (Å²) in [6.45, 7) is 7.20. The van der Waals surface area contributed by atoms with E-state index in [1.165, 1.54) is 12.1 Å². The Bertz CT molecular complexity index is 832. The summed E-state index contributed by atoms with van der Waals surface area (Å²) in [5.74, 6) is -0.363. The highest BCUT2D eigenvalue weighted by Gasteiger charge is 2.47. The Morgan fingerprint density at radius 3 is 2.07 bits per heavy atom. The first-order valence-corrected chi connectivity index (χ1v) is 10.4. The van der Waals surface area contributed by atoms with E-state index in [1.54, 1.807) is 0 Å². The van der Waals surface area contributed by atoms with E-state index in [1.807, 2.05) is 24.3 Å². The molecule has 30 heavy (non-hydrogen) atoms. The highest BCUT2D eigenvalue weighted by atomic mass is 19.4. The number of hydrogen-bond acceptors (Lipinski definition) is 3. The van der Waals surface area contributed by atoms with Crippen LogP contribution in [0.15, 0.2) is 48.5 Å². The van der Waals surface area contributed by atoms with Crippen molar-refractivity contribution in [2.75, 3.05) is 26.2 Å². The van der Waals surface area contributed by atoms with E-state index in [0.717, 1.165) is 49.3 Å². The molecular formula is C24H28F3NO2. The van der Waals surface area contributed by atoms with E-state index < -0.39 is 17.2 Å². The molecule has 0 N–H and O–H groups in total. The zero-order chi connectivity index (χ0) is 21.8. The average Bonchev–Trinajstić information content (AvgIpc) is 3.14. The number of rotatable bonds is 8. The summed E-state index contributed by atoms with van der Waals surface area (Å²) in [4.78, 5) is 15.5. The number of hydrogen-bond donors (Lipinski definition) is 0. The number of carbonyl (C=O) groups is 1. The second kappa shape index (κ2) is 9.21. The third-order valence-electron chi connectivity index (χ3n) is 6.00. The standard InChI is InChI=1S/C24H28F3NO2/c1-3-28(4-2)14-7-15-30-22(29)23(16-18-8-5-6-9-19(18)17-23)20-10-12-21(13-11-20)24(25,26)27/h5-6,8-13H,3-4,7,14-17H2,1-2H3. The number of benzene rings is 2. The quantitative estimate of drug-likeness (QED) is 0.445. The first kappa shape index (κ1) is 22.3. The minimum atomic E-state index is -4.41. The van der Waals surface area contributed by atoms with Gasteiger partial charge in [-0.25, -0.2) is 0 Å². The molecule has 0 spiro atoms. The van der Waals surface area contributed by atoms with Crippen molar-refractivity contribution in [3.8, 4) is 0 Å². The van der Waals surface area contributed by atoms with Crippen LogP contribution >= 0.6 is 0 Å². The largest absolute Gasteiger partial charge is 0.465 e. The molecule has 2 aromatic rings. The first-order chi connectivity index (χ1) is 14.3. The molecule has 3 rings (SSSR count). The first-order valence-electron chi connectivity index (χ1n) is 10.4. The zero-order valence-electron chi connectivity index (χ0n) is 17.5. The minimum absolute atomic E-state index is 0.300. The van der Waals surface area contributed by atoms with Crippen LogP contribution in [0.2, 0.25) is 0 Å². The second-order valence-electron chi connectivity index (χ2n) is 7.80. The van der Waals surface area contributed by atoms with Crippen LogP contribution < -0.4 is 0 Å². The monoisotopic (exact) mass is 419 g/mol. The van der Waals surface area contributed by atoms with E-state index in [4.69, 9.17) is 4.74 Å². The minimum Gasteiger partial charge on any atom is -0.465 e. The van der Waals surface area contributed by atoms with E-state index in [2.05, 4.69) is 18.7 Å². The number of carbonyl (C=O) groups excluding carboxylic acids is 1. The summed E-state index contributed by atoms with van der Waals surface area (Å²) >= 11 is 0. The SMILES string of the molecule is CCN(CC)CCCOC(=O)C1(c2ccc(C(F)(F)F)cc2)Cc2ccccc2C1. The van der Waals surface area contributed by atoms with Gasteiger partial charge in [-0.05, 0) is 61.2 Å². The van der Waals surface area contributed by atoms with E-state index >= 15 is 0 Å². The average molecular weight is 419 g/mol. The molecule has 0 heterocycles. The summed E-state index contributed by atoms with van der Waals surface area (Å²) < 4.78 is 44.7. The Morgan fingerprint density at radius 1 is 1.00 bits per heavy atom. The van der Waals surface area contributed by atoms with Crippen molar-refractivity contribution in [1.82, 2.24) is 4.90 Å². The van der Waals surface area contributed by atoms with Crippen LogP contribution in [0.5, 0.6) is 0 Å². The molecule has 0 amide bonds. The summed E-state index contributed by atoms with van der Waals surface area (Å²) in [6, 6.07) is 12.7. The molecule has 3 nitrogen and oxygen atoms in total. The van der Waals surface area contributed by atoms with Gasteiger partial charge in [-0.2, -0.15) is 13.2 Å². The van der Waals surface area contributed by atoms with Crippen molar-refractivity contribution in [3.05, 3.63) is 70.8 Å². The Morgan fingerprint density at radius 2 is 1.57 bits per heavy atom. The fraction of sp³-hybridized carbons (Fsp3) is 0.458. The Labute approximate surface area is 175 Å². The topological polar surface area (TPSA) is 29.5 Å². The van der Waals surface area contributed by atoms with Gasteiger partial charge in [-0.15, -0.1) is 0 Å². The van der Waals surface area contributed by atoms with Gasteiger partial charge in [-0.3, -0.25) is 4.79 Å².